The topological polar surface area (TPSA) is 102 Å². The molecule has 0 atom stereocenters. The number of amides is 2. The zero-order chi connectivity index (χ0) is 17.0. The monoisotopic (exact) mass is 351 g/mol. The molecule has 1 heterocycles. The van der Waals surface area contributed by atoms with Gasteiger partial charge in [-0.1, -0.05) is 12.1 Å². The van der Waals surface area contributed by atoms with Crippen LogP contribution in [0.3, 0.4) is 0 Å². The van der Waals surface area contributed by atoms with Crippen LogP contribution >= 0.6 is 12.4 Å². The van der Waals surface area contributed by atoms with Crippen LogP contribution in [-0.2, 0) is 7.05 Å². The molecule has 2 aromatic rings. The highest BCUT2D eigenvalue weighted by Crippen LogP contribution is 2.18. The van der Waals surface area contributed by atoms with Crippen molar-refractivity contribution in [2.24, 2.45) is 12.8 Å². The minimum Gasteiger partial charge on any atom is -0.351 e. The highest BCUT2D eigenvalue weighted by molar-refractivity contribution is 6.09. The Morgan fingerprint density at radius 3 is 2.46 bits per heavy atom. The fraction of sp³-hybridized carbons (Fsp3) is 0.312. The van der Waals surface area contributed by atoms with Gasteiger partial charge >= 0.3 is 0 Å². The molecule has 0 aliphatic heterocycles. The van der Waals surface area contributed by atoms with Crippen LogP contribution in [0, 0.1) is 13.8 Å². The average molecular weight is 352 g/mol. The van der Waals surface area contributed by atoms with Gasteiger partial charge in [0.1, 0.15) is 0 Å². The number of aryl methyl sites for hydroxylation is 2. The molecule has 130 valence electrons. The number of nitrogens with two attached hydrogens (primary N) is 1. The van der Waals surface area contributed by atoms with Gasteiger partial charge in [-0.25, -0.2) is 0 Å². The van der Waals surface area contributed by atoms with Gasteiger partial charge in [-0.2, -0.15) is 5.10 Å². The molecule has 2 amide bonds. The first-order valence-corrected chi connectivity index (χ1v) is 7.34. The van der Waals surface area contributed by atoms with E-state index in [0.717, 1.165) is 5.69 Å². The lowest BCUT2D eigenvalue weighted by molar-refractivity contribution is 0.0955. The van der Waals surface area contributed by atoms with Gasteiger partial charge in [-0.3, -0.25) is 14.3 Å². The predicted molar refractivity (Wildman–Crippen MR) is 95.7 cm³/mol. The van der Waals surface area contributed by atoms with E-state index in [1.54, 1.807) is 42.9 Å². The molecule has 0 aliphatic rings. The number of anilines is 1. The molecule has 0 spiro atoms. The van der Waals surface area contributed by atoms with Crippen LogP contribution in [0.2, 0.25) is 0 Å². The molecule has 0 unspecified atom stereocenters. The quantitative estimate of drug-likeness (QED) is 0.757. The lowest BCUT2D eigenvalue weighted by Crippen LogP contribution is -2.30. The Morgan fingerprint density at radius 2 is 1.88 bits per heavy atom. The maximum atomic E-state index is 12.5. The Labute approximate surface area is 147 Å². The van der Waals surface area contributed by atoms with E-state index in [-0.39, 0.29) is 24.2 Å². The lowest BCUT2D eigenvalue weighted by atomic mass is 10.1. The Morgan fingerprint density at radius 1 is 1.21 bits per heavy atom. The van der Waals surface area contributed by atoms with Crippen molar-refractivity contribution in [1.82, 2.24) is 15.1 Å². The first-order chi connectivity index (χ1) is 11.0. The van der Waals surface area contributed by atoms with Crippen molar-refractivity contribution >= 4 is 29.9 Å². The second-order valence-corrected chi connectivity index (χ2v) is 5.21. The number of carbonyl (C=O) groups is 2. The van der Waals surface area contributed by atoms with Gasteiger partial charge in [0, 0.05) is 25.8 Å². The molecule has 0 fully saturated rings. The molecule has 2 rings (SSSR count). The van der Waals surface area contributed by atoms with Gasteiger partial charge in [0.15, 0.2) is 0 Å². The summed E-state index contributed by atoms with van der Waals surface area (Å²) in [5.74, 6) is -0.557. The van der Waals surface area contributed by atoms with Crippen molar-refractivity contribution in [3.05, 3.63) is 46.8 Å². The molecule has 0 saturated carbocycles. The van der Waals surface area contributed by atoms with Gasteiger partial charge in [0.25, 0.3) is 11.8 Å². The number of nitrogens with zero attached hydrogens (tertiary/aromatic N) is 2. The average Bonchev–Trinajstić information content (AvgIpc) is 2.78. The third-order valence-corrected chi connectivity index (χ3v) is 3.59. The van der Waals surface area contributed by atoms with E-state index in [2.05, 4.69) is 15.7 Å². The second kappa shape index (κ2) is 8.47. The van der Waals surface area contributed by atoms with Gasteiger partial charge in [-0.05, 0) is 26.0 Å². The van der Waals surface area contributed by atoms with E-state index in [9.17, 15) is 9.59 Å². The van der Waals surface area contributed by atoms with Crippen molar-refractivity contribution < 1.29 is 9.59 Å². The minimum atomic E-state index is -0.285. The van der Waals surface area contributed by atoms with Gasteiger partial charge < -0.3 is 16.4 Å². The molecular weight excluding hydrogens is 330 g/mol. The molecule has 0 saturated heterocycles. The molecule has 24 heavy (non-hydrogen) atoms. The fourth-order valence-corrected chi connectivity index (χ4v) is 2.36. The van der Waals surface area contributed by atoms with Crippen molar-refractivity contribution in [3.8, 4) is 0 Å². The molecule has 0 aliphatic carbocycles. The summed E-state index contributed by atoms with van der Waals surface area (Å²) >= 11 is 0. The van der Waals surface area contributed by atoms with Crippen molar-refractivity contribution in [3.63, 3.8) is 0 Å². The summed E-state index contributed by atoms with van der Waals surface area (Å²) in [6, 6.07) is 6.85. The smallest absolute Gasteiger partial charge is 0.259 e. The zero-order valence-electron chi connectivity index (χ0n) is 13.9. The van der Waals surface area contributed by atoms with Crippen LogP contribution in [-0.4, -0.2) is 34.7 Å². The number of hydrogen-bond donors (Lipinski definition) is 3. The lowest BCUT2D eigenvalue weighted by Gasteiger charge is -2.11. The number of aromatic nitrogens is 2. The summed E-state index contributed by atoms with van der Waals surface area (Å²) in [6.07, 6.45) is 0. The molecule has 7 nitrogen and oxygen atoms in total. The highest BCUT2D eigenvalue weighted by atomic mass is 35.5. The SMILES string of the molecule is Cc1nn(C)c(C)c1C(=O)Nc1ccccc1C(=O)NCCN.Cl. The molecule has 0 radical (unpaired) electrons. The summed E-state index contributed by atoms with van der Waals surface area (Å²) in [5, 5.41) is 9.73. The summed E-state index contributed by atoms with van der Waals surface area (Å²) in [4.78, 5) is 24.7. The Bertz CT molecular complexity index is 742. The van der Waals surface area contributed by atoms with E-state index in [0.29, 0.717) is 35.6 Å². The Kier molecular flexibility index (Phi) is 6.94. The van der Waals surface area contributed by atoms with Crippen LogP contribution in [0.25, 0.3) is 0 Å². The molecule has 1 aromatic heterocycles. The van der Waals surface area contributed by atoms with Crippen LogP contribution in [0.4, 0.5) is 5.69 Å². The van der Waals surface area contributed by atoms with Crippen molar-refractivity contribution in [1.29, 1.82) is 0 Å². The number of benzene rings is 1. The Hall–Kier alpha value is -2.38. The summed E-state index contributed by atoms with van der Waals surface area (Å²) in [6.45, 7) is 4.34. The largest absolute Gasteiger partial charge is 0.351 e. The summed E-state index contributed by atoms with van der Waals surface area (Å²) < 4.78 is 1.66. The van der Waals surface area contributed by atoms with Crippen molar-refractivity contribution in [2.75, 3.05) is 18.4 Å². The third-order valence-electron chi connectivity index (χ3n) is 3.59. The molecule has 8 heteroatoms. The van der Waals surface area contributed by atoms with E-state index in [1.807, 2.05) is 6.92 Å². The van der Waals surface area contributed by atoms with Gasteiger partial charge in [0.05, 0.1) is 22.5 Å². The van der Waals surface area contributed by atoms with Crippen LogP contribution in [0.5, 0.6) is 0 Å². The maximum absolute atomic E-state index is 12.5. The van der Waals surface area contributed by atoms with E-state index < -0.39 is 0 Å². The normalized spacial score (nSPS) is 10.0. The summed E-state index contributed by atoms with van der Waals surface area (Å²) in [5.41, 5.74) is 8.17. The predicted octanol–water partition coefficient (Wildman–Crippen LogP) is 1.40. The maximum Gasteiger partial charge on any atom is 0.259 e. The van der Waals surface area contributed by atoms with Gasteiger partial charge in [0.2, 0.25) is 0 Å². The number of hydrogen-bond acceptors (Lipinski definition) is 4. The Balaban J connectivity index is 0.00000288. The van der Waals surface area contributed by atoms with Crippen LogP contribution in [0.1, 0.15) is 32.1 Å². The number of rotatable bonds is 5. The number of carbonyl (C=O) groups excluding carboxylic acids is 2. The van der Waals surface area contributed by atoms with E-state index in [4.69, 9.17) is 5.73 Å². The fourth-order valence-electron chi connectivity index (χ4n) is 2.36. The number of nitrogens with one attached hydrogen (secondary N) is 2. The zero-order valence-corrected chi connectivity index (χ0v) is 14.7. The molecule has 4 N–H and O–H groups in total. The van der Waals surface area contributed by atoms with Crippen LogP contribution in [0.15, 0.2) is 24.3 Å². The third kappa shape index (κ3) is 4.12. The minimum absolute atomic E-state index is 0. The first kappa shape index (κ1) is 19.7. The van der Waals surface area contributed by atoms with Crippen LogP contribution < -0.4 is 16.4 Å². The summed E-state index contributed by atoms with van der Waals surface area (Å²) in [7, 11) is 1.79. The molecular formula is C16H22ClN5O2. The standard InChI is InChI=1S/C16H21N5O2.ClH/c1-10-14(11(2)21(3)20-10)16(23)19-13-7-5-4-6-12(13)15(22)18-9-8-17;/h4-7H,8-9,17H2,1-3H3,(H,18,22)(H,19,23);1H. The second-order valence-electron chi connectivity index (χ2n) is 5.21. The van der Waals surface area contributed by atoms with E-state index >= 15 is 0 Å². The first-order valence-electron chi connectivity index (χ1n) is 7.34. The van der Waals surface area contributed by atoms with Crippen molar-refractivity contribution in [2.45, 2.75) is 13.8 Å². The molecule has 0 bridgehead atoms. The number of para-hydroxylation sites is 1. The van der Waals surface area contributed by atoms with Gasteiger partial charge in [-0.15, -0.1) is 12.4 Å². The molecule has 1 aromatic carbocycles. The highest BCUT2D eigenvalue weighted by Gasteiger charge is 2.19. The number of halogens is 1. The van der Waals surface area contributed by atoms with E-state index in [1.165, 1.54) is 0 Å².